The third kappa shape index (κ3) is 4.73. The van der Waals surface area contributed by atoms with Gasteiger partial charge in [0.25, 0.3) is 0 Å². The van der Waals surface area contributed by atoms with E-state index in [4.69, 9.17) is 9.47 Å². The molecule has 1 amide bonds. The number of sulfonamides is 1. The molecule has 1 saturated heterocycles. The number of piperidine rings is 1. The summed E-state index contributed by atoms with van der Waals surface area (Å²) in [6.07, 6.45) is 2.31. The molecule has 1 fully saturated rings. The van der Waals surface area contributed by atoms with Crippen molar-refractivity contribution in [3.8, 4) is 11.5 Å². The summed E-state index contributed by atoms with van der Waals surface area (Å²) in [6.45, 7) is 5.99. The summed E-state index contributed by atoms with van der Waals surface area (Å²) >= 11 is 0. The number of benzene rings is 1. The number of rotatable bonds is 5. The maximum Gasteiger partial charge on any atom is 0.223 e. The minimum Gasteiger partial charge on any atom is -0.486 e. The minimum absolute atomic E-state index is 0.0169. The first-order valence-electron chi connectivity index (χ1n) is 9.40. The van der Waals surface area contributed by atoms with Crippen LogP contribution in [0.2, 0.25) is 0 Å². The average molecular weight is 397 g/mol. The van der Waals surface area contributed by atoms with Crippen molar-refractivity contribution in [2.45, 2.75) is 32.7 Å². The molecule has 0 bridgehead atoms. The standard InChI is InChI=1S/C19H28N2O5S/c1-13(2)18(15-4-5-16-17(12-15)26-11-10-25-16)20-19(22)14-6-8-21(9-7-14)27(3,23)24/h4-5,12-14,18H,6-11H2,1-3H3,(H,20,22). The van der Waals surface area contributed by atoms with E-state index in [0.29, 0.717) is 44.9 Å². The lowest BCUT2D eigenvalue weighted by Gasteiger charge is -2.31. The van der Waals surface area contributed by atoms with Gasteiger partial charge in [-0.25, -0.2) is 12.7 Å². The molecule has 2 aliphatic heterocycles. The van der Waals surface area contributed by atoms with E-state index in [9.17, 15) is 13.2 Å². The molecule has 0 spiro atoms. The summed E-state index contributed by atoms with van der Waals surface area (Å²) in [4.78, 5) is 12.8. The third-order valence-electron chi connectivity index (χ3n) is 5.18. The summed E-state index contributed by atoms with van der Waals surface area (Å²) in [7, 11) is -3.19. The molecule has 1 N–H and O–H groups in total. The van der Waals surface area contributed by atoms with Crippen LogP contribution in [0.1, 0.15) is 38.3 Å². The van der Waals surface area contributed by atoms with E-state index in [2.05, 4.69) is 19.2 Å². The number of ether oxygens (including phenoxy) is 2. The molecule has 0 radical (unpaired) electrons. The van der Waals surface area contributed by atoms with E-state index < -0.39 is 10.0 Å². The zero-order valence-electron chi connectivity index (χ0n) is 16.1. The van der Waals surface area contributed by atoms with Crippen LogP contribution in [0, 0.1) is 11.8 Å². The molecule has 0 saturated carbocycles. The van der Waals surface area contributed by atoms with E-state index in [-0.39, 0.29) is 23.8 Å². The van der Waals surface area contributed by atoms with E-state index in [1.165, 1.54) is 10.6 Å². The normalized spacial score (nSPS) is 19.7. The van der Waals surface area contributed by atoms with Crippen molar-refractivity contribution in [2.24, 2.45) is 11.8 Å². The molecule has 0 aliphatic carbocycles. The highest BCUT2D eigenvalue weighted by molar-refractivity contribution is 7.88. The number of carbonyl (C=O) groups excluding carboxylic acids is 1. The summed E-state index contributed by atoms with van der Waals surface area (Å²) < 4.78 is 35.9. The van der Waals surface area contributed by atoms with Crippen LogP contribution in [0.3, 0.4) is 0 Å². The Bertz CT molecular complexity index is 785. The number of nitrogens with zero attached hydrogens (tertiary/aromatic N) is 1. The van der Waals surface area contributed by atoms with Gasteiger partial charge in [-0.1, -0.05) is 19.9 Å². The monoisotopic (exact) mass is 396 g/mol. The molecule has 2 aliphatic rings. The zero-order chi connectivity index (χ0) is 19.6. The fourth-order valence-electron chi connectivity index (χ4n) is 3.61. The SMILES string of the molecule is CC(C)C(NC(=O)C1CCN(S(C)(=O)=O)CC1)c1ccc2c(c1)OCCO2. The van der Waals surface area contributed by atoms with Gasteiger partial charge < -0.3 is 14.8 Å². The van der Waals surface area contributed by atoms with Gasteiger partial charge in [-0.05, 0) is 36.5 Å². The Morgan fingerprint density at radius 3 is 2.37 bits per heavy atom. The van der Waals surface area contributed by atoms with Gasteiger partial charge in [0.05, 0.1) is 12.3 Å². The Morgan fingerprint density at radius 2 is 1.78 bits per heavy atom. The van der Waals surface area contributed by atoms with E-state index in [0.717, 1.165) is 11.3 Å². The lowest BCUT2D eigenvalue weighted by atomic mass is 9.92. The molecule has 2 heterocycles. The second-order valence-electron chi connectivity index (χ2n) is 7.57. The van der Waals surface area contributed by atoms with Crippen LogP contribution in [0.4, 0.5) is 0 Å². The van der Waals surface area contributed by atoms with Crippen molar-refractivity contribution < 1.29 is 22.7 Å². The van der Waals surface area contributed by atoms with Gasteiger partial charge >= 0.3 is 0 Å². The first-order chi connectivity index (χ1) is 12.8. The predicted octanol–water partition coefficient (Wildman–Crippen LogP) is 1.94. The average Bonchev–Trinajstić information content (AvgIpc) is 2.64. The minimum atomic E-state index is -3.19. The van der Waals surface area contributed by atoms with Crippen molar-refractivity contribution in [3.05, 3.63) is 23.8 Å². The first-order valence-corrected chi connectivity index (χ1v) is 11.3. The number of nitrogens with one attached hydrogen (secondary N) is 1. The van der Waals surface area contributed by atoms with Gasteiger partial charge in [0.1, 0.15) is 13.2 Å². The molecule has 8 heteroatoms. The lowest BCUT2D eigenvalue weighted by molar-refractivity contribution is -0.127. The maximum absolute atomic E-state index is 12.8. The highest BCUT2D eigenvalue weighted by Gasteiger charge is 2.31. The molecule has 7 nitrogen and oxygen atoms in total. The molecule has 0 aromatic heterocycles. The van der Waals surface area contributed by atoms with Gasteiger partial charge in [-0.3, -0.25) is 4.79 Å². The largest absolute Gasteiger partial charge is 0.486 e. The molecule has 1 aromatic rings. The van der Waals surface area contributed by atoms with Gasteiger partial charge in [0, 0.05) is 19.0 Å². The fraction of sp³-hybridized carbons (Fsp3) is 0.632. The van der Waals surface area contributed by atoms with Crippen LogP contribution >= 0.6 is 0 Å². The van der Waals surface area contributed by atoms with Gasteiger partial charge in [-0.15, -0.1) is 0 Å². The van der Waals surface area contributed by atoms with Crippen LogP contribution in [-0.2, 0) is 14.8 Å². The van der Waals surface area contributed by atoms with Crippen molar-refractivity contribution in [1.82, 2.24) is 9.62 Å². The highest BCUT2D eigenvalue weighted by atomic mass is 32.2. The van der Waals surface area contributed by atoms with Crippen LogP contribution in [0.5, 0.6) is 11.5 Å². The number of amides is 1. The quantitative estimate of drug-likeness (QED) is 0.822. The molecule has 1 atom stereocenters. The summed E-state index contributed by atoms with van der Waals surface area (Å²) in [5.74, 6) is 1.46. The first kappa shape index (κ1) is 19.9. The number of carbonyl (C=O) groups is 1. The molecule has 1 unspecified atom stereocenters. The second-order valence-corrected chi connectivity index (χ2v) is 9.55. The van der Waals surface area contributed by atoms with E-state index in [1.54, 1.807) is 0 Å². The molecule has 27 heavy (non-hydrogen) atoms. The Balaban J connectivity index is 1.67. The van der Waals surface area contributed by atoms with Crippen molar-refractivity contribution in [2.75, 3.05) is 32.6 Å². The van der Waals surface area contributed by atoms with E-state index in [1.807, 2.05) is 18.2 Å². The summed E-state index contributed by atoms with van der Waals surface area (Å²) in [5, 5.41) is 3.16. The van der Waals surface area contributed by atoms with Gasteiger partial charge in [0.2, 0.25) is 15.9 Å². The maximum atomic E-state index is 12.8. The molecular weight excluding hydrogens is 368 g/mol. The van der Waals surface area contributed by atoms with Crippen LogP contribution in [-0.4, -0.2) is 51.2 Å². The molecule has 150 valence electrons. The number of fused-ring (bicyclic) bond motifs is 1. The smallest absolute Gasteiger partial charge is 0.223 e. The Labute approximate surface area is 161 Å². The van der Waals surface area contributed by atoms with Gasteiger partial charge in [0.15, 0.2) is 11.5 Å². The predicted molar refractivity (Wildman–Crippen MR) is 102 cm³/mol. The Kier molecular flexibility index (Phi) is 5.95. The number of hydrogen-bond acceptors (Lipinski definition) is 5. The van der Waals surface area contributed by atoms with Crippen LogP contribution in [0.25, 0.3) is 0 Å². The Hall–Kier alpha value is -1.80. The third-order valence-corrected chi connectivity index (χ3v) is 6.49. The van der Waals surface area contributed by atoms with Crippen LogP contribution < -0.4 is 14.8 Å². The topological polar surface area (TPSA) is 84.9 Å². The number of hydrogen-bond donors (Lipinski definition) is 1. The van der Waals surface area contributed by atoms with Crippen LogP contribution in [0.15, 0.2) is 18.2 Å². The van der Waals surface area contributed by atoms with Gasteiger partial charge in [-0.2, -0.15) is 0 Å². The summed E-state index contributed by atoms with van der Waals surface area (Å²) in [6, 6.07) is 5.65. The fourth-order valence-corrected chi connectivity index (χ4v) is 4.48. The van der Waals surface area contributed by atoms with Crippen molar-refractivity contribution in [3.63, 3.8) is 0 Å². The molecular formula is C19H28N2O5S. The molecule has 1 aromatic carbocycles. The van der Waals surface area contributed by atoms with E-state index >= 15 is 0 Å². The summed E-state index contributed by atoms with van der Waals surface area (Å²) in [5.41, 5.74) is 0.983. The highest BCUT2D eigenvalue weighted by Crippen LogP contribution is 2.34. The lowest BCUT2D eigenvalue weighted by Crippen LogP contribution is -2.44. The second kappa shape index (κ2) is 8.06. The van der Waals surface area contributed by atoms with Crippen molar-refractivity contribution in [1.29, 1.82) is 0 Å². The van der Waals surface area contributed by atoms with Crippen molar-refractivity contribution >= 4 is 15.9 Å². The Morgan fingerprint density at radius 1 is 1.15 bits per heavy atom. The molecule has 3 rings (SSSR count). The zero-order valence-corrected chi connectivity index (χ0v) is 16.9.